The quantitative estimate of drug-likeness (QED) is 0.456. The van der Waals surface area contributed by atoms with Crippen molar-refractivity contribution in [1.29, 1.82) is 0 Å². The number of benzene rings is 2. The van der Waals surface area contributed by atoms with Crippen molar-refractivity contribution in [2.75, 3.05) is 4.90 Å². The number of carbonyl (C=O) groups excluding carboxylic acids is 1. The molecule has 9 nitrogen and oxygen atoms in total. The van der Waals surface area contributed by atoms with Crippen LogP contribution in [0.25, 0.3) is 11.0 Å². The highest BCUT2D eigenvalue weighted by Gasteiger charge is 2.28. The minimum absolute atomic E-state index is 0.192. The minimum atomic E-state index is -0.192. The molecule has 0 aliphatic carbocycles. The van der Waals surface area contributed by atoms with E-state index >= 15 is 0 Å². The second-order valence-corrected chi connectivity index (χ2v) is 8.04. The van der Waals surface area contributed by atoms with Crippen LogP contribution in [0.1, 0.15) is 26.8 Å². The molecule has 0 saturated carbocycles. The summed E-state index contributed by atoms with van der Waals surface area (Å²) in [7, 11) is 0. The predicted molar refractivity (Wildman–Crippen MR) is 118 cm³/mol. The van der Waals surface area contributed by atoms with Crippen molar-refractivity contribution in [2.45, 2.75) is 20.4 Å². The van der Waals surface area contributed by atoms with Gasteiger partial charge in [0.25, 0.3) is 5.91 Å². The molecule has 1 N–H and O–H groups in total. The molecule has 0 fully saturated rings. The van der Waals surface area contributed by atoms with Crippen LogP contribution >= 0.6 is 11.3 Å². The van der Waals surface area contributed by atoms with Crippen molar-refractivity contribution in [3.63, 3.8) is 0 Å². The fourth-order valence-electron chi connectivity index (χ4n) is 3.43. The van der Waals surface area contributed by atoms with E-state index in [0.29, 0.717) is 28.6 Å². The SMILES string of the molecule is Cc1n[nH]c(C)c1N(C(=O)c1ccccc1)c1nnc(Cn2nnc3ccccc32)s1. The molecule has 0 unspecified atom stereocenters. The van der Waals surface area contributed by atoms with Gasteiger partial charge in [0, 0.05) is 5.56 Å². The van der Waals surface area contributed by atoms with Crippen LogP contribution in [-0.2, 0) is 6.54 Å². The van der Waals surface area contributed by atoms with Crippen molar-refractivity contribution in [3.8, 4) is 0 Å². The first-order valence-corrected chi connectivity index (χ1v) is 10.4. The number of hydrogen-bond acceptors (Lipinski definition) is 7. The fraction of sp³-hybridized carbons (Fsp3) is 0.143. The summed E-state index contributed by atoms with van der Waals surface area (Å²) < 4.78 is 1.78. The first-order valence-electron chi connectivity index (χ1n) is 9.63. The van der Waals surface area contributed by atoms with E-state index in [1.165, 1.54) is 11.3 Å². The number of carbonyl (C=O) groups is 1. The zero-order valence-corrected chi connectivity index (χ0v) is 17.7. The number of anilines is 2. The highest BCUT2D eigenvalue weighted by Crippen LogP contribution is 2.34. The molecule has 5 rings (SSSR count). The van der Waals surface area contributed by atoms with Crippen molar-refractivity contribution in [3.05, 3.63) is 76.6 Å². The zero-order chi connectivity index (χ0) is 21.4. The Morgan fingerprint density at radius 2 is 1.81 bits per heavy atom. The minimum Gasteiger partial charge on any atom is -0.280 e. The summed E-state index contributed by atoms with van der Waals surface area (Å²) in [6.45, 7) is 4.15. The standard InChI is InChI=1S/C21H18N8OS/c1-13-19(14(2)23-22-13)29(20(30)15-8-4-3-5-9-15)21-26-25-18(31-21)12-28-17-11-7-6-10-16(17)24-27-28/h3-11H,12H2,1-2H3,(H,22,23). The predicted octanol–water partition coefficient (Wildman–Crippen LogP) is 3.65. The van der Waals surface area contributed by atoms with E-state index in [1.807, 2.05) is 56.3 Å². The molecular weight excluding hydrogens is 412 g/mol. The molecule has 0 spiro atoms. The number of fused-ring (bicyclic) bond motifs is 1. The molecule has 0 bridgehead atoms. The average Bonchev–Trinajstić information content (AvgIpc) is 3.51. The van der Waals surface area contributed by atoms with Crippen LogP contribution < -0.4 is 4.90 Å². The molecule has 0 aliphatic heterocycles. The van der Waals surface area contributed by atoms with E-state index in [9.17, 15) is 4.79 Å². The Morgan fingerprint density at radius 3 is 2.58 bits per heavy atom. The van der Waals surface area contributed by atoms with Gasteiger partial charge in [-0.05, 0) is 38.1 Å². The monoisotopic (exact) mass is 430 g/mol. The van der Waals surface area contributed by atoms with Crippen LogP contribution in [0.4, 0.5) is 10.8 Å². The molecule has 5 aromatic rings. The Hall–Kier alpha value is -3.92. The average molecular weight is 430 g/mol. The maximum Gasteiger partial charge on any atom is 0.264 e. The number of H-pyrrole nitrogens is 1. The molecule has 0 aliphatic rings. The van der Waals surface area contributed by atoms with E-state index in [2.05, 4.69) is 30.7 Å². The molecular formula is C21H18N8OS. The van der Waals surface area contributed by atoms with Gasteiger partial charge in [-0.1, -0.05) is 46.9 Å². The van der Waals surface area contributed by atoms with E-state index < -0.39 is 0 Å². The maximum absolute atomic E-state index is 13.4. The van der Waals surface area contributed by atoms with E-state index in [1.54, 1.807) is 21.7 Å². The molecule has 0 atom stereocenters. The highest BCUT2D eigenvalue weighted by molar-refractivity contribution is 7.15. The van der Waals surface area contributed by atoms with E-state index in [0.717, 1.165) is 21.7 Å². The van der Waals surface area contributed by atoms with Gasteiger partial charge < -0.3 is 0 Å². The van der Waals surface area contributed by atoms with Crippen LogP contribution in [0, 0.1) is 13.8 Å². The van der Waals surface area contributed by atoms with E-state index in [4.69, 9.17) is 0 Å². The number of hydrogen-bond donors (Lipinski definition) is 1. The van der Waals surface area contributed by atoms with Gasteiger partial charge >= 0.3 is 0 Å². The number of nitrogens with one attached hydrogen (secondary N) is 1. The normalized spacial score (nSPS) is 11.2. The van der Waals surface area contributed by atoms with Crippen LogP contribution in [0.15, 0.2) is 54.6 Å². The number of amides is 1. The summed E-state index contributed by atoms with van der Waals surface area (Å²) in [5.74, 6) is -0.192. The zero-order valence-electron chi connectivity index (χ0n) is 16.9. The molecule has 0 radical (unpaired) electrons. The number of para-hydroxylation sites is 1. The topological polar surface area (TPSA) is 105 Å². The van der Waals surface area contributed by atoms with Gasteiger partial charge in [-0.25, -0.2) is 9.58 Å². The van der Waals surface area contributed by atoms with Gasteiger partial charge in [0.15, 0.2) is 0 Å². The first-order chi connectivity index (χ1) is 15.1. The molecule has 1 amide bonds. The number of aromatic nitrogens is 7. The summed E-state index contributed by atoms with van der Waals surface area (Å²) in [6.07, 6.45) is 0. The van der Waals surface area contributed by atoms with Gasteiger partial charge in [-0.3, -0.25) is 9.89 Å². The molecule has 3 aromatic heterocycles. The second-order valence-electron chi connectivity index (χ2n) is 7.00. The number of aromatic amines is 1. The van der Waals surface area contributed by atoms with Gasteiger partial charge in [0.1, 0.15) is 10.5 Å². The Labute approximate surface area is 181 Å². The summed E-state index contributed by atoms with van der Waals surface area (Å²) in [5, 5.41) is 25.4. The van der Waals surface area contributed by atoms with Crippen molar-refractivity contribution in [1.82, 2.24) is 35.4 Å². The summed E-state index contributed by atoms with van der Waals surface area (Å²) in [5.41, 5.74) is 4.46. The summed E-state index contributed by atoms with van der Waals surface area (Å²) in [4.78, 5) is 15.0. The lowest BCUT2D eigenvalue weighted by Gasteiger charge is -2.19. The fourth-order valence-corrected chi connectivity index (χ4v) is 4.26. The smallest absolute Gasteiger partial charge is 0.264 e. The lowest BCUT2D eigenvalue weighted by Crippen LogP contribution is -2.26. The molecule has 10 heteroatoms. The van der Waals surface area contributed by atoms with Crippen LogP contribution in [0.3, 0.4) is 0 Å². The molecule has 154 valence electrons. The summed E-state index contributed by atoms with van der Waals surface area (Å²) >= 11 is 1.34. The van der Waals surface area contributed by atoms with Gasteiger partial charge in [-0.15, -0.1) is 15.3 Å². The molecule has 3 heterocycles. The van der Waals surface area contributed by atoms with Crippen molar-refractivity contribution in [2.24, 2.45) is 0 Å². The lowest BCUT2D eigenvalue weighted by atomic mass is 10.2. The second kappa shape index (κ2) is 7.73. The van der Waals surface area contributed by atoms with Crippen LogP contribution in [-0.4, -0.2) is 41.3 Å². The Bertz CT molecular complexity index is 1350. The third kappa shape index (κ3) is 3.46. The largest absolute Gasteiger partial charge is 0.280 e. The van der Waals surface area contributed by atoms with Gasteiger partial charge in [0.05, 0.1) is 29.1 Å². The highest BCUT2D eigenvalue weighted by atomic mass is 32.1. The third-order valence-electron chi connectivity index (χ3n) is 4.89. The Morgan fingerprint density at radius 1 is 1.03 bits per heavy atom. The van der Waals surface area contributed by atoms with Gasteiger partial charge in [0.2, 0.25) is 5.13 Å². The number of aryl methyl sites for hydroxylation is 2. The van der Waals surface area contributed by atoms with Gasteiger partial charge in [-0.2, -0.15) is 5.10 Å². The van der Waals surface area contributed by atoms with Crippen LogP contribution in [0.2, 0.25) is 0 Å². The van der Waals surface area contributed by atoms with Crippen LogP contribution in [0.5, 0.6) is 0 Å². The van der Waals surface area contributed by atoms with E-state index in [-0.39, 0.29) is 5.91 Å². The number of nitrogens with zero attached hydrogens (tertiary/aromatic N) is 7. The summed E-state index contributed by atoms with van der Waals surface area (Å²) in [6, 6.07) is 16.8. The Balaban J connectivity index is 1.53. The maximum atomic E-state index is 13.4. The third-order valence-corrected chi connectivity index (χ3v) is 5.78. The first kappa shape index (κ1) is 19.1. The molecule has 2 aromatic carbocycles. The molecule has 31 heavy (non-hydrogen) atoms. The Kier molecular flexibility index (Phi) is 4.75. The lowest BCUT2D eigenvalue weighted by molar-refractivity contribution is 0.0999. The number of rotatable bonds is 5. The molecule has 0 saturated heterocycles. The van der Waals surface area contributed by atoms with Crippen molar-refractivity contribution < 1.29 is 4.79 Å². The van der Waals surface area contributed by atoms with Crippen molar-refractivity contribution >= 4 is 39.1 Å².